The first-order valence-electron chi connectivity index (χ1n) is 6.80. The second-order valence-corrected chi connectivity index (χ2v) is 4.96. The van der Waals surface area contributed by atoms with Gasteiger partial charge in [-0.15, -0.1) is 0 Å². The highest BCUT2D eigenvalue weighted by Gasteiger charge is 2.45. The van der Waals surface area contributed by atoms with Crippen LogP contribution in [-0.4, -0.2) is 29.8 Å². The number of anilines is 1. The standard InChI is InChI=1S/C15H21NO3/c1-4-15(5-2)14(18)16(8-9-17)12-10-11(3)6-7-13(12)19-15/h6-7,10,17H,4-5,8-9H2,1-3H3. The first-order valence-corrected chi connectivity index (χ1v) is 6.80. The molecule has 1 aromatic rings. The number of aliphatic hydroxyl groups excluding tert-OH is 1. The van der Waals surface area contributed by atoms with Crippen molar-refractivity contribution < 1.29 is 14.6 Å². The smallest absolute Gasteiger partial charge is 0.271 e. The van der Waals surface area contributed by atoms with Gasteiger partial charge in [-0.3, -0.25) is 4.79 Å². The van der Waals surface area contributed by atoms with Crippen LogP contribution in [0.5, 0.6) is 5.75 Å². The highest BCUT2D eigenvalue weighted by molar-refractivity contribution is 6.02. The van der Waals surface area contributed by atoms with Crippen molar-refractivity contribution in [2.75, 3.05) is 18.1 Å². The maximum Gasteiger partial charge on any atom is 0.271 e. The zero-order valence-electron chi connectivity index (χ0n) is 11.8. The molecule has 0 unspecified atom stereocenters. The number of carbonyl (C=O) groups is 1. The number of rotatable bonds is 4. The van der Waals surface area contributed by atoms with Crippen LogP contribution in [0.15, 0.2) is 18.2 Å². The van der Waals surface area contributed by atoms with E-state index in [4.69, 9.17) is 4.74 Å². The fraction of sp³-hybridized carbons (Fsp3) is 0.533. The summed E-state index contributed by atoms with van der Waals surface area (Å²) in [5, 5.41) is 9.21. The van der Waals surface area contributed by atoms with E-state index in [1.165, 1.54) is 0 Å². The Hall–Kier alpha value is -1.55. The molecule has 1 heterocycles. The van der Waals surface area contributed by atoms with Gasteiger partial charge < -0.3 is 14.7 Å². The molecule has 0 saturated carbocycles. The predicted molar refractivity (Wildman–Crippen MR) is 74.6 cm³/mol. The summed E-state index contributed by atoms with van der Waals surface area (Å²) in [5.74, 6) is 0.673. The number of hydrogen-bond acceptors (Lipinski definition) is 3. The maximum atomic E-state index is 12.7. The Morgan fingerprint density at radius 3 is 2.58 bits per heavy atom. The van der Waals surface area contributed by atoms with Gasteiger partial charge in [0.05, 0.1) is 12.3 Å². The van der Waals surface area contributed by atoms with Crippen molar-refractivity contribution in [2.45, 2.75) is 39.2 Å². The summed E-state index contributed by atoms with van der Waals surface area (Å²) in [4.78, 5) is 14.3. The first-order chi connectivity index (χ1) is 9.07. The van der Waals surface area contributed by atoms with Gasteiger partial charge in [0.15, 0.2) is 5.60 Å². The minimum Gasteiger partial charge on any atom is -0.475 e. The summed E-state index contributed by atoms with van der Waals surface area (Å²) in [6, 6.07) is 5.81. The number of amides is 1. The predicted octanol–water partition coefficient (Wildman–Crippen LogP) is 2.27. The van der Waals surface area contributed by atoms with Crippen molar-refractivity contribution in [2.24, 2.45) is 0 Å². The quantitative estimate of drug-likeness (QED) is 0.906. The Morgan fingerprint density at radius 1 is 1.32 bits per heavy atom. The summed E-state index contributed by atoms with van der Waals surface area (Å²) >= 11 is 0. The molecule has 2 rings (SSSR count). The van der Waals surface area contributed by atoms with Gasteiger partial charge >= 0.3 is 0 Å². The summed E-state index contributed by atoms with van der Waals surface area (Å²) < 4.78 is 5.99. The van der Waals surface area contributed by atoms with E-state index in [-0.39, 0.29) is 12.5 Å². The highest BCUT2D eigenvalue weighted by Crippen LogP contribution is 2.40. The lowest BCUT2D eigenvalue weighted by Crippen LogP contribution is -2.56. The summed E-state index contributed by atoms with van der Waals surface area (Å²) in [6.45, 7) is 6.14. The molecular formula is C15H21NO3. The number of nitrogens with zero attached hydrogens (tertiary/aromatic N) is 1. The Balaban J connectivity index is 2.52. The molecule has 0 saturated heterocycles. The molecule has 0 spiro atoms. The van der Waals surface area contributed by atoms with Crippen LogP contribution >= 0.6 is 0 Å². The molecule has 4 nitrogen and oxygen atoms in total. The van der Waals surface area contributed by atoms with Gasteiger partial charge in [0.1, 0.15) is 5.75 Å². The molecule has 0 aliphatic carbocycles. The number of aliphatic hydroxyl groups is 1. The number of fused-ring (bicyclic) bond motifs is 1. The summed E-state index contributed by atoms with van der Waals surface area (Å²) in [6.07, 6.45) is 1.25. The second kappa shape index (κ2) is 5.21. The van der Waals surface area contributed by atoms with E-state index in [1.54, 1.807) is 4.90 Å². The van der Waals surface area contributed by atoms with E-state index in [0.29, 0.717) is 19.4 Å². The number of hydrogen-bond donors (Lipinski definition) is 1. The van der Waals surface area contributed by atoms with Crippen molar-refractivity contribution in [3.8, 4) is 5.75 Å². The van der Waals surface area contributed by atoms with Crippen molar-refractivity contribution >= 4 is 11.6 Å². The Morgan fingerprint density at radius 2 is 2.00 bits per heavy atom. The molecule has 1 N–H and O–H groups in total. The van der Waals surface area contributed by atoms with Crippen LogP contribution < -0.4 is 9.64 Å². The number of aryl methyl sites for hydroxylation is 1. The third-order valence-corrected chi connectivity index (χ3v) is 3.81. The van der Waals surface area contributed by atoms with Gasteiger partial charge in [-0.1, -0.05) is 19.9 Å². The van der Waals surface area contributed by atoms with Crippen LogP contribution in [-0.2, 0) is 4.79 Å². The van der Waals surface area contributed by atoms with Gasteiger partial charge in [-0.25, -0.2) is 0 Å². The van der Waals surface area contributed by atoms with Gasteiger partial charge in [-0.05, 0) is 37.5 Å². The minimum absolute atomic E-state index is 0.0512. The van der Waals surface area contributed by atoms with Crippen LogP contribution in [0.25, 0.3) is 0 Å². The van der Waals surface area contributed by atoms with Crippen LogP contribution in [0, 0.1) is 6.92 Å². The van der Waals surface area contributed by atoms with E-state index in [2.05, 4.69) is 0 Å². The third kappa shape index (κ3) is 2.21. The molecule has 19 heavy (non-hydrogen) atoms. The Bertz CT molecular complexity index is 480. The van der Waals surface area contributed by atoms with Crippen LogP contribution in [0.3, 0.4) is 0 Å². The Kier molecular flexibility index (Phi) is 3.80. The number of ether oxygens (including phenoxy) is 1. The molecule has 1 aromatic carbocycles. The fourth-order valence-electron chi connectivity index (χ4n) is 2.55. The van der Waals surface area contributed by atoms with Crippen molar-refractivity contribution in [1.29, 1.82) is 0 Å². The molecule has 1 amide bonds. The van der Waals surface area contributed by atoms with E-state index < -0.39 is 5.60 Å². The molecule has 0 fully saturated rings. The highest BCUT2D eigenvalue weighted by atomic mass is 16.5. The SMILES string of the molecule is CCC1(CC)Oc2ccc(C)cc2N(CCO)C1=O. The maximum absolute atomic E-state index is 12.7. The summed E-state index contributed by atoms with van der Waals surface area (Å²) in [7, 11) is 0. The second-order valence-electron chi connectivity index (χ2n) is 4.96. The first kappa shape index (κ1) is 13.9. The number of carbonyl (C=O) groups excluding carboxylic acids is 1. The van der Waals surface area contributed by atoms with Crippen LogP contribution in [0.4, 0.5) is 5.69 Å². The lowest BCUT2D eigenvalue weighted by Gasteiger charge is -2.41. The zero-order valence-corrected chi connectivity index (χ0v) is 11.8. The largest absolute Gasteiger partial charge is 0.475 e. The van der Waals surface area contributed by atoms with E-state index in [9.17, 15) is 9.90 Å². The van der Waals surface area contributed by atoms with E-state index >= 15 is 0 Å². The van der Waals surface area contributed by atoms with Gasteiger partial charge in [-0.2, -0.15) is 0 Å². The van der Waals surface area contributed by atoms with Crippen molar-refractivity contribution in [3.05, 3.63) is 23.8 Å². The molecule has 0 atom stereocenters. The number of benzene rings is 1. The van der Waals surface area contributed by atoms with Crippen molar-refractivity contribution in [1.82, 2.24) is 0 Å². The topological polar surface area (TPSA) is 49.8 Å². The summed E-state index contributed by atoms with van der Waals surface area (Å²) in [5.41, 5.74) is 1.03. The van der Waals surface area contributed by atoms with Crippen LogP contribution in [0.1, 0.15) is 32.3 Å². The molecule has 0 radical (unpaired) electrons. The number of β-amino-alcohol motifs (C(OH)–C–C–N with tert-alkyl or cyclic N) is 1. The minimum atomic E-state index is -0.794. The monoisotopic (exact) mass is 263 g/mol. The van der Waals surface area contributed by atoms with E-state index in [1.807, 2.05) is 39.0 Å². The fourth-order valence-corrected chi connectivity index (χ4v) is 2.55. The van der Waals surface area contributed by atoms with Gasteiger partial charge in [0.25, 0.3) is 5.91 Å². The van der Waals surface area contributed by atoms with Gasteiger partial charge in [0.2, 0.25) is 0 Å². The lowest BCUT2D eigenvalue weighted by atomic mass is 9.92. The molecule has 1 aliphatic rings. The molecule has 1 aliphatic heterocycles. The molecule has 4 heteroatoms. The normalized spacial score (nSPS) is 17.1. The molecule has 0 bridgehead atoms. The average molecular weight is 263 g/mol. The lowest BCUT2D eigenvalue weighted by molar-refractivity contribution is -0.136. The van der Waals surface area contributed by atoms with E-state index in [0.717, 1.165) is 17.0 Å². The third-order valence-electron chi connectivity index (χ3n) is 3.81. The van der Waals surface area contributed by atoms with Gasteiger partial charge in [0, 0.05) is 6.54 Å². The zero-order chi connectivity index (χ0) is 14.0. The average Bonchev–Trinajstić information content (AvgIpc) is 2.42. The Labute approximate surface area is 114 Å². The molecular weight excluding hydrogens is 242 g/mol. The van der Waals surface area contributed by atoms with Crippen LogP contribution in [0.2, 0.25) is 0 Å². The molecule has 0 aromatic heterocycles. The molecule has 104 valence electrons. The van der Waals surface area contributed by atoms with Crippen molar-refractivity contribution in [3.63, 3.8) is 0 Å².